The molecule has 0 fully saturated rings. The highest BCUT2D eigenvalue weighted by molar-refractivity contribution is 5.90. The third-order valence-corrected chi connectivity index (χ3v) is 2.19. The molecular weight excluding hydrogens is 200 g/mol. The van der Waals surface area contributed by atoms with Gasteiger partial charge in [0.25, 0.3) is 0 Å². The minimum Gasteiger partial charge on any atom is -0.378 e. The summed E-state index contributed by atoms with van der Waals surface area (Å²) in [6, 6.07) is 0. The van der Waals surface area contributed by atoms with Crippen LogP contribution >= 0.6 is 0 Å². The predicted octanol–water partition coefficient (Wildman–Crippen LogP) is 3.67. The summed E-state index contributed by atoms with van der Waals surface area (Å²) >= 11 is 0. The van der Waals surface area contributed by atoms with Gasteiger partial charge >= 0.3 is 0 Å². The van der Waals surface area contributed by atoms with Gasteiger partial charge in [0.15, 0.2) is 5.78 Å². The van der Waals surface area contributed by atoms with Crippen molar-refractivity contribution in [3.8, 4) is 0 Å². The van der Waals surface area contributed by atoms with Crippen molar-refractivity contribution in [3.05, 3.63) is 23.8 Å². The molecule has 0 aromatic carbocycles. The van der Waals surface area contributed by atoms with Crippen LogP contribution in [0.3, 0.4) is 0 Å². The molecule has 0 saturated heterocycles. The van der Waals surface area contributed by atoms with E-state index < -0.39 is 0 Å². The van der Waals surface area contributed by atoms with E-state index in [1.807, 2.05) is 19.9 Å². The van der Waals surface area contributed by atoms with Crippen LogP contribution in [0.1, 0.15) is 47.0 Å². The predicted molar refractivity (Wildman–Crippen MR) is 68.5 cm³/mol. The van der Waals surface area contributed by atoms with Gasteiger partial charge in [0.1, 0.15) is 0 Å². The van der Waals surface area contributed by atoms with E-state index in [0.717, 1.165) is 25.0 Å². The fourth-order valence-corrected chi connectivity index (χ4v) is 1.24. The Bertz CT molecular complexity index is 251. The third kappa shape index (κ3) is 8.42. The second-order valence-electron chi connectivity index (χ2n) is 4.03. The monoisotopic (exact) mass is 224 g/mol. The maximum atomic E-state index is 11.1. The van der Waals surface area contributed by atoms with Gasteiger partial charge in [-0.1, -0.05) is 26.0 Å². The highest BCUT2D eigenvalue weighted by Gasteiger charge is 1.97. The zero-order chi connectivity index (χ0) is 12.4. The Morgan fingerprint density at radius 1 is 1.38 bits per heavy atom. The Labute approximate surface area is 99.4 Å². The van der Waals surface area contributed by atoms with Crippen molar-refractivity contribution in [2.24, 2.45) is 0 Å². The smallest absolute Gasteiger partial charge is 0.155 e. The molecule has 2 heteroatoms. The van der Waals surface area contributed by atoms with Crippen molar-refractivity contribution in [3.63, 3.8) is 0 Å². The van der Waals surface area contributed by atoms with Crippen molar-refractivity contribution < 1.29 is 9.53 Å². The number of hydrogen-bond donors (Lipinski definition) is 0. The summed E-state index contributed by atoms with van der Waals surface area (Å²) in [5.41, 5.74) is 1.01. The molecular formula is C14H24O2. The Morgan fingerprint density at radius 2 is 2.06 bits per heavy atom. The van der Waals surface area contributed by atoms with Gasteiger partial charge in [-0.25, -0.2) is 0 Å². The Balaban J connectivity index is 3.90. The molecule has 0 aliphatic carbocycles. The van der Waals surface area contributed by atoms with Crippen molar-refractivity contribution >= 4 is 5.78 Å². The van der Waals surface area contributed by atoms with Gasteiger partial charge in [-0.3, -0.25) is 4.79 Å². The lowest BCUT2D eigenvalue weighted by Crippen LogP contribution is -2.07. The number of hydrogen-bond acceptors (Lipinski definition) is 2. The molecule has 0 aliphatic heterocycles. The highest BCUT2D eigenvalue weighted by Crippen LogP contribution is 2.03. The number of carbonyl (C=O) groups is 1. The van der Waals surface area contributed by atoms with E-state index >= 15 is 0 Å². The molecule has 0 heterocycles. The molecule has 2 nitrogen and oxygen atoms in total. The van der Waals surface area contributed by atoms with E-state index in [1.54, 1.807) is 6.08 Å². The number of ketones is 1. The Hall–Kier alpha value is -0.890. The van der Waals surface area contributed by atoms with Crippen LogP contribution in [0.5, 0.6) is 0 Å². The lowest BCUT2D eigenvalue weighted by molar-refractivity contribution is -0.114. The second-order valence-corrected chi connectivity index (χ2v) is 4.03. The maximum Gasteiger partial charge on any atom is 0.155 e. The molecule has 0 saturated carbocycles. The quantitative estimate of drug-likeness (QED) is 0.464. The molecule has 0 radical (unpaired) electrons. The van der Waals surface area contributed by atoms with Crippen molar-refractivity contribution in [1.82, 2.24) is 0 Å². The van der Waals surface area contributed by atoms with Crippen molar-refractivity contribution in [1.29, 1.82) is 0 Å². The molecule has 92 valence electrons. The number of allylic oxidation sites excluding steroid dienone is 3. The van der Waals surface area contributed by atoms with Gasteiger partial charge < -0.3 is 4.74 Å². The average molecular weight is 224 g/mol. The molecule has 0 bridgehead atoms. The maximum absolute atomic E-state index is 11.1. The van der Waals surface area contributed by atoms with E-state index in [-0.39, 0.29) is 11.9 Å². The van der Waals surface area contributed by atoms with Gasteiger partial charge in [-0.15, -0.1) is 0 Å². The van der Waals surface area contributed by atoms with Crippen LogP contribution in [0, 0.1) is 0 Å². The lowest BCUT2D eigenvalue weighted by atomic mass is 10.1. The van der Waals surface area contributed by atoms with E-state index in [0.29, 0.717) is 6.42 Å². The summed E-state index contributed by atoms with van der Waals surface area (Å²) in [6.07, 6.45) is 8.51. The Morgan fingerprint density at radius 3 is 2.62 bits per heavy atom. The van der Waals surface area contributed by atoms with Gasteiger partial charge in [-0.2, -0.15) is 0 Å². The van der Waals surface area contributed by atoms with Crippen LogP contribution in [-0.2, 0) is 9.53 Å². The first-order chi connectivity index (χ1) is 7.60. The SMILES string of the molecule is CCCOC(C)CC=CC(C)=CC(=O)CC. The summed E-state index contributed by atoms with van der Waals surface area (Å²) in [5.74, 6) is 0.178. The van der Waals surface area contributed by atoms with Gasteiger partial charge in [-0.05, 0) is 38.3 Å². The zero-order valence-corrected chi connectivity index (χ0v) is 11.0. The normalized spacial score (nSPS) is 14.4. The fraction of sp³-hybridized carbons (Fsp3) is 0.643. The highest BCUT2D eigenvalue weighted by atomic mass is 16.5. The standard InChI is InChI=1S/C14H24O2/c1-5-10-16-13(4)9-7-8-12(3)11-14(15)6-2/h7-8,11,13H,5-6,9-10H2,1-4H3. The first-order valence-electron chi connectivity index (χ1n) is 6.09. The summed E-state index contributed by atoms with van der Waals surface area (Å²) in [6.45, 7) is 8.80. The third-order valence-electron chi connectivity index (χ3n) is 2.19. The molecule has 1 unspecified atom stereocenters. The lowest BCUT2D eigenvalue weighted by Gasteiger charge is -2.09. The van der Waals surface area contributed by atoms with Crippen LogP contribution < -0.4 is 0 Å². The van der Waals surface area contributed by atoms with Crippen molar-refractivity contribution in [2.45, 2.75) is 53.1 Å². The number of ether oxygens (including phenoxy) is 1. The van der Waals surface area contributed by atoms with E-state index in [1.165, 1.54) is 0 Å². The average Bonchev–Trinajstić information content (AvgIpc) is 2.26. The second kappa shape index (κ2) is 9.34. The van der Waals surface area contributed by atoms with Gasteiger partial charge in [0.2, 0.25) is 0 Å². The van der Waals surface area contributed by atoms with Crippen molar-refractivity contribution in [2.75, 3.05) is 6.61 Å². The summed E-state index contributed by atoms with van der Waals surface area (Å²) in [5, 5.41) is 0. The molecule has 0 amide bonds. The molecule has 1 atom stereocenters. The topological polar surface area (TPSA) is 26.3 Å². The Kier molecular flexibility index (Phi) is 8.82. The largest absolute Gasteiger partial charge is 0.378 e. The van der Waals surface area contributed by atoms with Gasteiger partial charge in [0, 0.05) is 13.0 Å². The summed E-state index contributed by atoms with van der Waals surface area (Å²) < 4.78 is 5.54. The number of rotatable bonds is 8. The van der Waals surface area contributed by atoms with Crippen LogP contribution in [-0.4, -0.2) is 18.5 Å². The van der Waals surface area contributed by atoms with E-state index in [9.17, 15) is 4.79 Å². The van der Waals surface area contributed by atoms with Gasteiger partial charge in [0.05, 0.1) is 6.10 Å². The fourth-order valence-electron chi connectivity index (χ4n) is 1.24. The zero-order valence-electron chi connectivity index (χ0n) is 11.0. The van der Waals surface area contributed by atoms with E-state index in [2.05, 4.69) is 19.9 Å². The molecule has 0 aromatic rings. The molecule has 0 spiro atoms. The minimum atomic E-state index is 0.178. The molecule has 0 aromatic heterocycles. The first kappa shape index (κ1) is 15.1. The first-order valence-corrected chi connectivity index (χ1v) is 6.09. The van der Waals surface area contributed by atoms with Crippen LogP contribution in [0.4, 0.5) is 0 Å². The van der Waals surface area contributed by atoms with Crippen LogP contribution in [0.25, 0.3) is 0 Å². The molecule has 0 aliphatic rings. The van der Waals surface area contributed by atoms with Crippen LogP contribution in [0.15, 0.2) is 23.8 Å². The molecule has 16 heavy (non-hydrogen) atoms. The van der Waals surface area contributed by atoms with Crippen LogP contribution in [0.2, 0.25) is 0 Å². The molecule has 0 N–H and O–H groups in total. The summed E-state index contributed by atoms with van der Waals surface area (Å²) in [4.78, 5) is 11.1. The van der Waals surface area contributed by atoms with E-state index in [4.69, 9.17) is 4.74 Å². The molecule has 0 rings (SSSR count). The minimum absolute atomic E-state index is 0.178. The summed E-state index contributed by atoms with van der Waals surface area (Å²) in [7, 11) is 0. The number of carbonyl (C=O) groups excluding carboxylic acids is 1.